The molecule has 0 fully saturated rings. The van der Waals surface area contributed by atoms with Crippen LogP contribution in [0.4, 0.5) is 5.69 Å². The van der Waals surface area contributed by atoms with Crippen molar-refractivity contribution in [2.75, 3.05) is 18.2 Å². The Morgan fingerprint density at radius 3 is 2.68 bits per heavy atom. The van der Waals surface area contributed by atoms with Crippen molar-refractivity contribution in [3.8, 4) is 0 Å². The molecular weight excluding hydrogens is 270 g/mol. The molecule has 0 atom stereocenters. The first-order chi connectivity index (χ1) is 10.8. The van der Waals surface area contributed by atoms with Crippen LogP contribution in [0.3, 0.4) is 0 Å². The van der Waals surface area contributed by atoms with Crippen LogP contribution in [0.15, 0.2) is 90.8 Å². The number of rotatable bonds is 6. The first-order valence-electron chi connectivity index (χ1n) is 7.51. The van der Waals surface area contributed by atoms with Gasteiger partial charge >= 0.3 is 0 Å². The first-order valence-corrected chi connectivity index (χ1v) is 7.51. The van der Waals surface area contributed by atoms with Crippen LogP contribution in [0, 0.1) is 0 Å². The molecule has 2 heteroatoms. The van der Waals surface area contributed by atoms with Crippen LogP contribution in [0.5, 0.6) is 0 Å². The van der Waals surface area contributed by atoms with Gasteiger partial charge in [0.2, 0.25) is 0 Å². The van der Waals surface area contributed by atoms with E-state index in [1.54, 1.807) is 0 Å². The highest BCUT2D eigenvalue weighted by Gasteiger charge is 2.17. The summed E-state index contributed by atoms with van der Waals surface area (Å²) in [5.74, 6) is 0.919. The van der Waals surface area contributed by atoms with E-state index in [0.29, 0.717) is 6.73 Å². The number of allylic oxidation sites excluding steroid dienone is 5. The highest BCUT2D eigenvalue weighted by atomic mass is 16.5. The van der Waals surface area contributed by atoms with E-state index in [2.05, 4.69) is 42.3 Å². The summed E-state index contributed by atoms with van der Waals surface area (Å²) in [6.07, 6.45) is 10.7. The van der Waals surface area contributed by atoms with E-state index >= 15 is 0 Å². The summed E-state index contributed by atoms with van der Waals surface area (Å²) in [5.41, 5.74) is 3.45. The van der Waals surface area contributed by atoms with Crippen LogP contribution >= 0.6 is 0 Å². The van der Waals surface area contributed by atoms with Crippen LogP contribution in [-0.4, -0.2) is 13.3 Å². The fourth-order valence-electron chi connectivity index (χ4n) is 2.38. The maximum Gasteiger partial charge on any atom is 0.161 e. The zero-order chi connectivity index (χ0) is 15.8. The molecule has 0 saturated carbocycles. The molecule has 1 aromatic rings. The highest BCUT2D eigenvalue weighted by Crippen LogP contribution is 2.24. The zero-order valence-corrected chi connectivity index (χ0v) is 13.2. The van der Waals surface area contributed by atoms with Crippen molar-refractivity contribution in [3.63, 3.8) is 0 Å². The van der Waals surface area contributed by atoms with Crippen LogP contribution in [0.1, 0.15) is 13.3 Å². The molecule has 0 N–H and O–H groups in total. The molecule has 22 heavy (non-hydrogen) atoms. The number of anilines is 1. The fraction of sp³-hybridized carbons (Fsp3) is 0.200. The molecule has 2 rings (SSSR count). The molecule has 1 aromatic carbocycles. The number of hydrogen-bond donors (Lipinski definition) is 0. The summed E-state index contributed by atoms with van der Waals surface area (Å²) < 4.78 is 5.98. The van der Waals surface area contributed by atoms with Gasteiger partial charge in [-0.1, -0.05) is 49.1 Å². The normalized spacial score (nSPS) is 15.9. The van der Waals surface area contributed by atoms with Crippen molar-refractivity contribution >= 4 is 5.69 Å². The molecule has 1 aliphatic rings. The average Bonchev–Trinajstić information content (AvgIpc) is 2.57. The third-order valence-electron chi connectivity index (χ3n) is 3.50. The SMILES string of the molecule is C=CC/C(C=C)=C/C1=C(/C=C\C)CN(c2ccccc2)CO1. The van der Waals surface area contributed by atoms with E-state index in [-0.39, 0.29) is 0 Å². The number of nitrogens with zero attached hydrogens (tertiary/aromatic N) is 1. The van der Waals surface area contributed by atoms with Crippen molar-refractivity contribution < 1.29 is 4.74 Å². The fourth-order valence-corrected chi connectivity index (χ4v) is 2.38. The number of hydrogen-bond acceptors (Lipinski definition) is 2. The first kappa shape index (κ1) is 15.9. The molecule has 0 radical (unpaired) electrons. The van der Waals surface area contributed by atoms with Gasteiger partial charge in [0.05, 0.1) is 0 Å². The minimum absolute atomic E-state index is 0.551. The van der Waals surface area contributed by atoms with Crippen molar-refractivity contribution in [2.24, 2.45) is 0 Å². The lowest BCUT2D eigenvalue weighted by Crippen LogP contribution is -2.32. The third-order valence-corrected chi connectivity index (χ3v) is 3.50. The molecule has 0 saturated heterocycles. The number of ether oxygens (including phenoxy) is 1. The molecule has 0 aliphatic carbocycles. The molecule has 2 nitrogen and oxygen atoms in total. The molecule has 0 bridgehead atoms. The topological polar surface area (TPSA) is 12.5 Å². The Kier molecular flexibility index (Phi) is 5.84. The van der Waals surface area contributed by atoms with Gasteiger partial charge in [0.25, 0.3) is 0 Å². The Balaban J connectivity index is 2.28. The van der Waals surface area contributed by atoms with Crippen LogP contribution in [0.2, 0.25) is 0 Å². The van der Waals surface area contributed by atoms with Gasteiger partial charge in [0, 0.05) is 17.8 Å². The van der Waals surface area contributed by atoms with E-state index in [1.165, 1.54) is 11.3 Å². The molecular formula is C20H23NO. The third kappa shape index (κ3) is 4.01. The Morgan fingerprint density at radius 1 is 1.27 bits per heavy atom. The van der Waals surface area contributed by atoms with Crippen molar-refractivity contribution in [1.29, 1.82) is 0 Å². The van der Waals surface area contributed by atoms with Crippen molar-refractivity contribution in [1.82, 2.24) is 0 Å². The molecule has 1 aliphatic heterocycles. The Labute approximate surface area is 133 Å². The molecule has 0 unspecified atom stereocenters. The van der Waals surface area contributed by atoms with Crippen LogP contribution in [-0.2, 0) is 4.74 Å². The van der Waals surface area contributed by atoms with Gasteiger partial charge < -0.3 is 9.64 Å². The van der Waals surface area contributed by atoms with Gasteiger partial charge in [-0.05, 0) is 37.1 Å². The van der Waals surface area contributed by atoms with Crippen molar-refractivity contribution in [3.05, 3.63) is 90.8 Å². The average molecular weight is 293 g/mol. The van der Waals surface area contributed by atoms with Gasteiger partial charge in [-0.25, -0.2) is 0 Å². The van der Waals surface area contributed by atoms with Crippen LogP contribution in [0.25, 0.3) is 0 Å². The predicted molar refractivity (Wildman–Crippen MR) is 94.7 cm³/mol. The van der Waals surface area contributed by atoms with E-state index in [9.17, 15) is 0 Å². The van der Waals surface area contributed by atoms with Crippen molar-refractivity contribution in [2.45, 2.75) is 13.3 Å². The quantitative estimate of drug-likeness (QED) is 0.540. The maximum atomic E-state index is 5.98. The molecule has 1 heterocycles. The summed E-state index contributed by atoms with van der Waals surface area (Å²) in [4.78, 5) is 2.22. The summed E-state index contributed by atoms with van der Waals surface area (Å²) in [7, 11) is 0. The van der Waals surface area contributed by atoms with Gasteiger partial charge in [0.15, 0.2) is 6.73 Å². The molecule has 0 spiro atoms. The summed E-state index contributed by atoms with van der Waals surface area (Å²) in [6, 6.07) is 10.3. The van der Waals surface area contributed by atoms with Gasteiger partial charge in [-0.3, -0.25) is 0 Å². The Morgan fingerprint density at radius 2 is 2.05 bits per heavy atom. The Bertz CT molecular complexity index is 608. The number of benzene rings is 1. The molecule has 114 valence electrons. The van der Waals surface area contributed by atoms with E-state index in [4.69, 9.17) is 4.74 Å². The zero-order valence-electron chi connectivity index (χ0n) is 13.2. The second-order valence-electron chi connectivity index (χ2n) is 5.11. The van der Waals surface area contributed by atoms with E-state index in [1.807, 2.05) is 43.4 Å². The minimum atomic E-state index is 0.551. The lowest BCUT2D eigenvalue weighted by atomic mass is 10.1. The lowest BCUT2D eigenvalue weighted by molar-refractivity contribution is 0.208. The molecule has 0 amide bonds. The Hall–Kier alpha value is -2.48. The van der Waals surface area contributed by atoms with Crippen LogP contribution < -0.4 is 4.90 Å². The van der Waals surface area contributed by atoms with Gasteiger partial charge in [0.1, 0.15) is 5.76 Å². The van der Waals surface area contributed by atoms with E-state index in [0.717, 1.165) is 24.3 Å². The second kappa shape index (κ2) is 8.08. The number of para-hydroxylation sites is 1. The largest absolute Gasteiger partial charge is 0.473 e. The highest BCUT2D eigenvalue weighted by molar-refractivity contribution is 5.50. The van der Waals surface area contributed by atoms with Gasteiger partial charge in [-0.2, -0.15) is 0 Å². The van der Waals surface area contributed by atoms with Gasteiger partial charge in [-0.15, -0.1) is 6.58 Å². The lowest BCUT2D eigenvalue weighted by Gasteiger charge is -2.31. The summed E-state index contributed by atoms with van der Waals surface area (Å²) >= 11 is 0. The smallest absolute Gasteiger partial charge is 0.161 e. The predicted octanol–water partition coefficient (Wildman–Crippen LogP) is 5.00. The van der Waals surface area contributed by atoms with E-state index < -0.39 is 0 Å². The standard InChI is InChI=1S/C20H23NO/c1-4-10-17(6-3)14-20-18(11-5-2)15-21(16-22-20)19-12-8-7-9-13-19/h4-9,11-14H,1,3,10,15-16H2,2H3/b11-5-,17-14+. The minimum Gasteiger partial charge on any atom is -0.473 e. The summed E-state index contributed by atoms with van der Waals surface area (Å²) in [6.45, 7) is 11.0. The molecule has 0 aromatic heterocycles. The second-order valence-corrected chi connectivity index (χ2v) is 5.11. The maximum absolute atomic E-state index is 5.98. The summed E-state index contributed by atoms with van der Waals surface area (Å²) in [5, 5.41) is 0. The monoisotopic (exact) mass is 293 g/mol.